The fourth-order valence-electron chi connectivity index (χ4n) is 8.13. The highest BCUT2D eigenvalue weighted by atomic mass is 16.3. The van der Waals surface area contributed by atoms with Gasteiger partial charge in [-0.15, -0.1) is 0 Å². The van der Waals surface area contributed by atoms with Crippen molar-refractivity contribution >= 4 is 0 Å². The number of hydrogen-bond acceptors (Lipinski definition) is 2. The highest BCUT2D eigenvalue weighted by Gasteiger charge is 2.62. The number of hydrogen-bond donors (Lipinski definition) is 2. The molecule has 0 aromatic heterocycles. The smallest absolute Gasteiger partial charge is 0.0581 e. The van der Waals surface area contributed by atoms with Gasteiger partial charge in [-0.1, -0.05) is 27.2 Å². The zero-order valence-electron chi connectivity index (χ0n) is 15.3. The van der Waals surface area contributed by atoms with Gasteiger partial charge in [0.25, 0.3) is 0 Å². The van der Waals surface area contributed by atoms with Gasteiger partial charge in [-0.3, -0.25) is 0 Å². The highest BCUT2D eigenvalue weighted by molar-refractivity contribution is 5.11. The summed E-state index contributed by atoms with van der Waals surface area (Å²) in [4.78, 5) is 0. The van der Waals surface area contributed by atoms with Crippen molar-refractivity contribution in [3.05, 3.63) is 0 Å². The number of aliphatic hydroxyl groups is 2. The molecule has 0 aliphatic heterocycles. The third-order valence-corrected chi connectivity index (χ3v) is 9.26. The second-order valence-electron chi connectivity index (χ2n) is 9.96. The minimum atomic E-state index is -0.114. The van der Waals surface area contributed by atoms with Crippen molar-refractivity contribution in [1.82, 2.24) is 0 Å². The topological polar surface area (TPSA) is 40.5 Å². The van der Waals surface area contributed by atoms with E-state index in [-0.39, 0.29) is 17.6 Å². The molecule has 0 radical (unpaired) electrons. The first-order valence-corrected chi connectivity index (χ1v) is 10.3. The van der Waals surface area contributed by atoms with Crippen molar-refractivity contribution in [1.29, 1.82) is 0 Å². The molecule has 132 valence electrons. The molecule has 2 heteroatoms. The summed E-state index contributed by atoms with van der Waals surface area (Å²) < 4.78 is 0. The fourth-order valence-corrected chi connectivity index (χ4v) is 8.13. The SMILES string of the molecule is CC[C@H]1CC[C@H]2[C@@H]3CCC4C[C@H](O)CC[C@]4(C)[C@H]3[C@@H](O)C[C@]12C. The van der Waals surface area contributed by atoms with Crippen LogP contribution >= 0.6 is 0 Å². The summed E-state index contributed by atoms with van der Waals surface area (Å²) in [6, 6.07) is 0. The van der Waals surface area contributed by atoms with Gasteiger partial charge in [0.05, 0.1) is 12.2 Å². The quantitative estimate of drug-likeness (QED) is 0.752. The van der Waals surface area contributed by atoms with Gasteiger partial charge in [0.1, 0.15) is 0 Å². The molecule has 4 saturated carbocycles. The van der Waals surface area contributed by atoms with E-state index in [1.165, 1.54) is 32.1 Å². The van der Waals surface area contributed by atoms with Gasteiger partial charge in [0.15, 0.2) is 0 Å². The van der Waals surface area contributed by atoms with Crippen LogP contribution in [-0.2, 0) is 0 Å². The van der Waals surface area contributed by atoms with Gasteiger partial charge in [0.2, 0.25) is 0 Å². The lowest BCUT2D eigenvalue weighted by Crippen LogP contribution is -2.59. The zero-order valence-corrected chi connectivity index (χ0v) is 15.3. The normalized spacial score (nSPS) is 59.1. The van der Waals surface area contributed by atoms with Gasteiger partial charge in [-0.25, -0.2) is 0 Å². The third-order valence-electron chi connectivity index (χ3n) is 9.26. The first-order valence-electron chi connectivity index (χ1n) is 10.3. The van der Waals surface area contributed by atoms with Crippen LogP contribution in [0.4, 0.5) is 0 Å². The van der Waals surface area contributed by atoms with Crippen molar-refractivity contribution in [3.8, 4) is 0 Å². The van der Waals surface area contributed by atoms with E-state index in [2.05, 4.69) is 20.8 Å². The Morgan fingerprint density at radius 1 is 0.957 bits per heavy atom. The lowest BCUT2D eigenvalue weighted by Gasteiger charge is -2.62. The summed E-state index contributed by atoms with van der Waals surface area (Å²) in [5, 5.41) is 21.4. The lowest BCUT2D eigenvalue weighted by molar-refractivity contribution is -0.177. The first-order chi connectivity index (χ1) is 10.9. The summed E-state index contributed by atoms with van der Waals surface area (Å²) >= 11 is 0. The zero-order chi connectivity index (χ0) is 16.4. The monoisotopic (exact) mass is 320 g/mol. The molecule has 0 aromatic carbocycles. The van der Waals surface area contributed by atoms with Crippen LogP contribution in [0.25, 0.3) is 0 Å². The van der Waals surface area contributed by atoms with Crippen LogP contribution in [0.3, 0.4) is 0 Å². The molecule has 0 bridgehead atoms. The Kier molecular flexibility index (Phi) is 3.89. The Balaban J connectivity index is 1.66. The Bertz CT molecular complexity index is 463. The van der Waals surface area contributed by atoms with Crippen molar-refractivity contribution in [2.75, 3.05) is 0 Å². The summed E-state index contributed by atoms with van der Waals surface area (Å²) in [5.74, 6) is 3.52. The molecule has 0 saturated heterocycles. The van der Waals surface area contributed by atoms with E-state index >= 15 is 0 Å². The van der Waals surface area contributed by atoms with E-state index in [1.807, 2.05) is 0 Å². The van der Waals surface area contributed by atoms with Crippen molar-refractivity contribution < 1.29 is 10.2 Å². The van der Waals surface area contributed by atoms with Crippen LogP contribution in [-0.4, -0.2) is 22.4 Å². The molecule has 0 spiro atoms. The summed E-state index contributed by atoms with van der Waals surface area (Å²) in [5.41, 5.74) is 0.653. The standard InChI is InChI=1S/C21H36O2/c1-4-13-6-8-17-16-7-5-14-11-15(22)9-10-20(14,2)19(16)18(23)12-21(13,17)3/h13-19,22-23H,4-12H2,1-3H3/t13-,14?,15+,16-,17-,18-,19+,20-,21+/m0/s1. The molecule has 4 aliphatic rings. The Labute approximate surface area is 142 Å². The molecule has 9 atom stereocenters. The largest absolute Gasteiger partial charge is 0.393 e. The van der Waals surface area contributed by atoms with E-state index in [9.17, 15) is 10.2 Å². The predicted octanol–water partition coefficient (Wildman–Crippen LogP) is 4.39. The van der Waals surface area contributed by atoms with Crippen LogP contribution in [0.15, 0.2) is 0 Å². The summed E-state index contributed by atoms with van der Waals surface area (Å²) in [6.45, 7) is 7.30. The first kappa shape index (κ1) is 16.4. The van der Waals surface area contributed by atoms with E-state index < -0.39 is 0 Å². The molecule has 1 unspecified atom stereocenters. The van der Waals surface area contributed by atoms with Gasteiger partial charge in [0, 0.05) is 0 Å². The average molecular weight is 321 g/mol. The summed E-state index contributed by atoms with van der Waals surface area (Å²) in [7, 11) is 0. The molecule has 2 N–H and O–H groups in total. The van der Waals surface area contributed by atoms with Crippen LogP contribution in [0.1, 0.15) is 78.6 Å². The molecule has 4 aliphatic carbocycles. The third kappa shape index (κ3) is 2.20. The molecular formula is C21H36O2. The number of fused-ring (bicyclic) bond motifs is 5. The Hall–Kier alpha value is -0.0800. The van der Waals surface area contributed by atoms with Crippen LogP contribution < -0.4 is 0 Å². The van der Waals surface area contributed by atoms with Crippen molar-refractivity contribution in [2.24, 2.45) is 40.4 Å². The molecule has 0 amide bonds. The maximum atomic E-state index is 11.2. The molecule has 4 fully saturated rings. The Morgan fingerprint density at radius 3 is 2.48 bits per heavy atom. The predicted molar refractivity (Wildman–Crippen MR) is 92.9 cm³/mol. The molecule has 0 heterocycles. The minimum Gasteiger partial charge on any atom is -0.393 e. The number of aliphatic hydroxyl groups excluding tert-OH is 2. The lowest BCUT2D eigenvalue weighted by atomic mass is 9.44. The van der Waals surface area contributed by atoms with Crippen LogP contribution in [0, 0.1) is 40.4 Å². The molecule has 2 nitrogen and oxygen atoms in total. The second kappa shape index (κ2) is 5.46. The van der Waals surface area contributed by atoms with E-state index in [0.29, 0.717) is 17.3 Å². The van der Waals surface area contributed by atoms with E-state index in [0.717, 1.165) is 43.4 Å². The van der Waals surface area contributed by atoms with Crippen molar-refractivity contribution in [3.63, 3.8) is 0 Å². The van der Waals surface area contributed by atoms with Gasteiger partial charge >= 0.3 is 0 Å². The van der Waals surface area contributed by atoms with Crippen LogP contribution in [0.5, 0.6) is 0 Å². The van der Waals surface area contributed by atoms with Gasteiger partial charge in [-0.2, -0.15) is 0 Å². The fraction of sp³-hybridized carbons (Fsp3) is 1.00. The maximum Gasteiger partial charge on any atom is 0.0581 e. The van der Waals surface area contributed by atoms with E-state index in [4.69, 9.17) is 0 Å². The minimum absolute atomic E-state index is 0.0911. The molecular weight excluding hydrogens is 284 g/mol. The molecule has 23 heavy (non-hydrogen) atoms. The molecule has 4 rings (SSSR count). The maximum absolute atomic E-state index is 11.2. The van der Waals surface area contributed by atoms with Gasteiger partial charge < -0.3 is 10.2 Å². The van der Waals surface area contributed by atoms with Gasteiger partial charge in [-0.05, 0) is 91.8 Å². The highest BCUT2D eigenvalue weighted by Crippen LogP contribution is 2.67. The molecule has 0 aromatic rings. The van der Waals surface area contributed by atoms with Crippen LogP contribution in [0.2, 0.25) is 0 Å². The summed E-state index contributed by atoms with van der Waals surface area (Å²) in [6.07, 6.45) is 10.5. The second-order valence-corrected chi connectivity index (χ2v) is 9.96. The van der Waals surface area contributed by atoms with Crippen molar-refractivity contribution in [2.45, 2.75) is 90.8 Å². The number of rotatable bonds is 1. The Morgan fingerprint density at radius 2 is 1.74 bits per heavy atom. The van der Waals surface area contributed by atoms with E-state index in [1.54, 1.807) is 0 Å². The average Bonchev–Trinajstić information content (AvgIpc) is 2.83.